The molecule has 29 heavy (non-hydrogen) atoms. The standard InChI is InChI=1S/C27H46O2/c1-17(2)14-21(29)15-18(3)23-8-9-24-22-7-6-19-16-20(28)10-12-26(19,4)25(22)11-13-27(23,24)5/h6,17-18,20-25,28-29H,7-16H2,1-5H3/t18-,20+,21-,22+,23-,24+,25+,26+,27-/m1/s1. The molecule has 0 bridgehead atoms. The average Bonchev–Trinajstić information content (AvgIpc) is 2.99. The van der Waals surface area contributed by atoms with Crippen molar-refractivity contribution < 1.29 is 10.2 Å². The van der Waals surface area contributed by atoms with Gasteiger partial charge in [-0.05, 0) is 111 Å². The number of rotatable bonds is 5. The van der Waals surface area contributed by atoms with Crippen LogP contribution in [0.3, 0.4) is 0 Å². The van der Waals surface area contributed by atoms with Gasteiger partial charge in [0.1, 0.15) is 0 Å². The fourth-order valence-corrected chi connectivity index (χ4v) is 8.85. The molecule has 0 heterocycles. The highest BCUT2D eigenvalue weighted by atomic mass is 16.3. The van der Waals surface area contributed by atoms with Gasteiger partial charge in [-0.2, -0.15) is 0 Å². The van der Waals surface area contributed by atoms with Gasteiger partial charge >= 0.3 is 0 Å². The Bertz CT molecular complexity index is 624. The van der Waals surface area contributed by atoms with E-state index in [1.165, 1.54) is 38.5 Å². The van der Waals surface area contributed by atoms with Gasteiger partial charge in [0.05, 0.1) is 12.2 Å². The highest BCUT2D eigenvalue weighted by molar-refractivity contribution is 5.25. The summed E-state index contributed by atoms with van der Waals surface area (Å²) in [6.45, 7) is 12.0. The normalized spacial score (nSPS) is 46.5. The summed E-state index contributed by atoms with van der Waals surface area (Å²) >= 11 is 0. The molecule has 0 amide bonds. The number of aliphatic hydroxyl groups excluding tert-OH is 2. The summed E-state index contributed by atoms with van der Waals surface area (Å²) in [7, 11) is 0. The van der Waals surface area contributed by atoms with Crippen LogP contribution in [0, 0.1) is 46.3 Å². The molecule has 2 nitrogen and oxygen atoms in total. The number of allylic oxidation sites excluding steroid dienone is 1. The Kier molecular flexibility index (Phi) is 6.01. The third kappa shape index (κ3) is 3.75. The van der Waals surface area contributed by atoms with Gasteiger partial charge in [0, 0.05) is 0 Å². The van der Waals surface area contributed by atoms with E-state index in [9.17, 15) is 10.2 Å². The largest absolute Gasteiger partial charge is 0.393 e. The fraction of sp³-hybridized carbons (Fsp3) is 0.926. The van der Waals surface area contributed by atoms with Gasteiger partial charge in [0.15, 0.2) is 0 Å². The second-order valence-electron chi connectivity index (χ2n) is 12.4. The lowest BCUT2D eigenvalue weighted by Gasteiger charge is -2.58. The summed E-state index contributed by atoms with van der Waals surface area (Å²) in [6, 6.07) is 0. The van der Waals surface area contributed by atoms with Crippen molar-refractivity contribution >= 4 is 0 Å². The van der Waals surface area contributed by atoms with Crippen LogP contribution in [0.4, 0.5) is 0 Å². The van der Waals surface area contributed by atoms with E-state index >= 15 is 0 Å². The number of hydrogen-bond donors (Lipinski definition) is 2. The van der Waals surface area contributed by atoms with Crippen molar-refractivity contribution in [2.75, 3.05) is 0 Å². The topological polar surface area (TPSA) is 40.5 Å². The van der Waals surface area contributed by atoms with Crippen LogP contribution in [0.25, 0.3) is 0 Å². The Balaban J connectivity index is 1.50. The predicted molar refractivity (Wildman–Crippen MR) is 120 cm³/mol. The van der Waals surface area contributed by atoms with Crippen molar-refractivity contribution in [2.45, 2.75) is 111 Å². The monoisotopic (exact) mass is 402 g/mol. The molecule has 4 aliphatic carbocycles. The quantitative estimate of drug-likeness (QED) is 0.525. The molecule has 0 radical (unpaired) electrons. The molecule has 0 aromatic heterocycles. The van der Waals surface area contributed by atoms with Crippen molar-refractivity contribution in [3.63, 3.8) is 0 Å². The van der Waals surface area contributed by atoms with E-state index in [4.69, 9.17) is 0 Å². The van der Waals surface area contributed by atoms with Crippen LogP contribution in [0.2, 0.25) is 0 Å². The van der Waals surface area contributed by atoms with Crippen molar-refractivity contribution in [3.05, 3.63) is 11.6 Å². The number of fused-ring (bicyclic) bond motifs is 5. The molecule has 0 unspecified atom stereocenters. The number of hydrogen-bond acceptors (Lipinski definition) is 2. The molecule has 0 aromatic carbocycles. The first-order valence-electron chi connectivity index (χ1n) is 12.7. The van der Waals surface area contributed by atoms with E-state index in [1.807, 2.05) is 0 Å². The molecule has 4 aliphatic rings. The van der Waals surface area contributed by atoms with E-state index in [0.717, 1.165) is 49.4 Å². The Morgan fingerprint density at radius 1 is 1.00 bits per heavy atom. The zero-order valence-corrected chi connectivity index (χ0v) is 19.7. The molecular weight excluding hydrogens is 356 g/mol. The van der Waals surface area contributed by atoms with E-state index in [1.54, 1.807) is 5.57 Å². The highest BCUT2D eigenvalue weighted by Crippen LogP contribution is 2.67. The van der Waals surface area contributed by atoms with Crippen LogP contribution >= 0.6 is 0 Å². The maximum atomic E-state index is 10.6. The van der Waals surface area contributed by atoms with E-state index in [0.29, 0.717) is 22.7 Å². The van der Waals surface area contributed by atoms with Crippen LogP contribution in [0.15, 0.2) is 11.6 Å². The lowest BCUT2D eigenvalue weighted by Crippen LogP contribution is -2.50. The van der Waals surface area contributed by atoms with Crippen LogP contribution in [-0.4, -0.2) is 22.4 Å². The molecular formula is C27H46O2. The summed E-state index contributed by atoms with van der Waals surface area (Å²) < 4.78 is 0. The maximum Gasteiger partial charge on any atom is 0.0577 e. The first-order valence-corrected chi connectivity index (χ1v) is 12.7. The smallest absolute Gasteiger partial charge is 0.0577 e. The lowest BCUT2D eigenvalue weighted by atomic mass is 9.47. The molecule has 0 aliphatic heterocycles. The summed E-state index contributed by atoms with van der Waals surface area (Å²) in [6.07, 6.45) is 14.1. The summed E-state index contributed by atoms with van der Waals surface area (Å²) in [5.74, 6) is 4.52. The molecule has 3 saturated carbocycles. The minimum atomic E-state index is -0.128. The third-order valence-electron chi connectivity index (χ3n) is 10.2. The fourth-order valence-electron chi connectivity index (χ4n) is 8.85. The molecule has 9 atom stereocenters. The van der Waals surface area contributed by atoms with Gasteiger partial charge in [-0.3, -0.25) is 0 Å². The Labute approximate surface area is 179 Å². The molecule has 2 heteroatoms. The molecule has 4 rings (SSSR count). The van der Waals surface area contributed by atoms with Crippen LogP contribution in [-0.2, 0) is 0 Å². The van der Waals surface area contributed by atoms with Gasteiger partial charge in [0.25, 0.3) is 0 Å². The molecule has 166 valence electrons. The van der Waals surface area contributed by atoms with Gasteiger partial charge in [-0.1, -0.05) is 46.3 Å². The van der Waals surface area contributed by atoms with E-state index in [2.05, 4.69) is 40.7 Å². The van der Waals surface area contributed by atoms with Crippen LogP contribution < -0.4 is 0 Å². The molecule has 2 N–H and O–H groups in total. The molecule has 0 spiro atoms. The number of aliphatic hydroxyl groups is 2. The molecule has 0 saturated heterocycles. The SMILES string of the molecule is CC(C)C[C@@H](O)C[C@@H](C)[C@H]1CC[C@H]2[C@@H]3CC=C4C[C@@H](O)CC[C@]4(C)[C@H]3CC[C@]12C. The van der Waals surface area contributed by atoms with E-state index < -0.39 is 0 Å². The Morgan fingerprint density at radius 3 is 2.48 bits per heavy atom. The Morgan fingerprint density at radius 2 is 1.76 bits per heavy atom. The van der Waals surface area contributed by atoms with Crippen LogP contribution in [0.1, 0.15) is 98.8 Å². The second-order valence-corrected chi connectivity index (χ2v) is 12.4. The van der Waals surface area contributed by atoms with Crippen molar-refractivity contribution in [3.8, 4) is 0 Å². The highest BCUT2D eigenvalue weighted by Gasteiger charge is 2.59. The maximum absolute atomic E-state index is 10.6. The average molecular weight is 403 g/mol. The molecule has 3 fully saturated rings. The van der Waals surface area contributed by atoms with Crippen LogP contribution in [0.5, 0.6) is 0 Å². The zero-order valence-electron chi connectivity index (χ0n) is 19.7. The van der Waals surface area contributed by atoms with Crippen molar-refractivity contribution in [1.82, 2.24) is 0 Å². The first-order chi connectivity index (χ1) is 13.6. The zero-order chi connectivity index (χ0) is 21.0. The Hall–Kier alpha value is -0.340. The van der Waals surface area contributed by atoms with Gasteiger partial charge in [0.2, 0.25) is 0 Å². The van der Waals surface area contributed by atoms with Gasteiger partial charge in [-0.15, -0.1) is 0 Å². The lowest BCUT2D eigenvalue weighted by molar-refractivity contribution is -0.0597. The second kappa shape index (κ2) is 7.97. The minimum Gasteiger partial charge on any atom is -0.393 e. The summed E-state index contributed by atoms with van der Waals surface area (Å²) in [5.41, 5.74) is 2.40. The molecule has 0 aromatic rings. The third-order valence-corrected chi connectivity index (χ3v) is 10.2. The van der Waals surface area contributed by atoms with Crippen molar-refractivity contribution in [2.24, 2.45) is 46.3 Å². The minimum absolute atomic E-state index is 0.103. The van der Waals surface area contributed by atoms with Gasteiger partial charge in [-0.25, -0.2) is 0 Å². The van der Waals surface area contributed by atoms with Gasteiger partial charge < -0.3 is 10.2 Å². The summed E-state index contributed by atoms with van der Waals surface area (Å²) in [5, 5.41) is 20.8. The van der Waals surface area contributed by atoms with E-state index in [-0.39, 0.29) is 12.2 Å². The summed E-state index contributed by atoms with van der Waals surface area (Å²) in [4.78, 5) is 0. The predicted octanol–water partition coefficient (Wildman–Crippen LogP) is 6.36. The first kappa shape index (κ1) is 21.9. The van der Waals surface area contributed by atoms with Crippen molar-refractivity contribution in [1.29, 1.82) is 0 Å².